The van der Waals surface area contributed by atoms with E-state index in [1.807, 2.05) is 6.08 Å². The maximum absolute atomic E-state index is 13.0. The number of carbonyl (C=O) groups is 1. The lowest BCUT2D eigenvalue weighted by atomic mass is 9.97. The summed E-state index contributed by atoms with van der Waals surface area (Å²) in [5.74, 6) is -0.244. The first-order valence-electron chi connectivity index (χ1n) is 22.9. The Morgan fingerprint density at radius 2 is 1.07 bits per heavy atom. The zero-order chi connectivity index (χ0) is 42.5. The number of rotatable bonds is 34. The smallest absolute Gasteiger partial charge is 0.220 e. The molecule has 2 aliphatic rings. The summed E-state index contributed by atoms with van der Waals surface area (Å²) >= 11 is 0. The summed E-state index contributed by atoms with van der Waals surface area (Å²) in [5.41, 5.74) is 0. The van der Waals surface area contributed by atoms with Crippen molar-refractivity contribution in [3.05, 3.63) is 12.2 Å². The van der Waals surface area contributed by atoms with Crippen LogP contribution in [0.5, 0.6) is 0 Å². The van der Waals surface area contributed by atoms with Gasteiger partial charge in [-0.15, -0.1) is 0 Å². The molecule has 14 heteroatoms. The molecule has 2 aliphatic heterocycles. The Balaban J connectivity index is 1.79. The molecular weight excluding hydrogens is 750 g/mol. The Morgan fingerprint density at radius 3 is 1.59 bits per heavy atom. The molecule has 0 spiro atoms. The van der Waals surface area contributed by atoms with Crippen LogP contribution in [0.25, 0.3) is 0 Å². The number of amides is 1. The molecule has 12 atom stereocenters. The van der Waals surface area contributed by atoms with Crippen molar-refractivity contribution >= 4 is 5.91 Å². The number of hydrogen-bond donors (Lipinski definition) is 9. The predicted molar refractivity (Wildman–Crippen MR) is 222 cm³/mol. The predicted octanol–water partition coefficient (Wildman–Crippen LogP) is 4.43. The van der Waals surface area contributed by atoms with E-state index in [1.165, 1.54) is 89.9 Å². The van der Waals surface area contributed by atoms with Crippen LogP contribution in [0.3, 0.4) is 0 Å². The zero-order valence-corrected chi connectivity index (χ0v) is 35.8. The first-order valence-corrected chi connectivity index (χ1v) is 22.9. The average Bonchev–Trinajstić information content (AvgIpc) is 3.22. The van der Waals surface area contributed by atoms with Gasteiger partial charge in [-0.2, -0.15) is 0 Å². The van der Waals surface area contributed by atoms with Crippen LogP contribution in [-0.4, -0.2) is 140 Å². The standard InChI is InChI=1S/C44H83NO13/c1-3-5-7-9-11-12-13-14-15-16-17-18-19-20-21-22-24-26-28-36(49)45-32(33(48)27-25-23-10-8-6-4-2)31-55-43-41(54)39(52)42(35(30-47)57-43)58-44-40(53)38(51)37(50)34(29-46)56-44/h25,27,32-35,37-44,46-48,50-54H,3-24,26,28-31H2,1-2H3,(H,45,49)/b27-25+. The van der Waals surface area contributed by atoms with Crippen LogP contribution in [0.4, 0.5) is 0 Å². The van der Waals surface area contributed by atoms with Gasteiger partial charge in [-0.1, -0.05) is 154 Å². The topological polar surface area (TPSA) is 228 Å². The van der Waals surface area contributed by atoms with E-state index in [4.69, 9.17) is 18.9 Å². The van der Waals surface area contributed by atoms with Crippen LogP contribution in [0.15, 0.2) is 12.2 Å². The molecule has 2 heterocycles. The molecule has 0 radical (unpaired) electrons. The third-order valence-corrected chi connectivity index (χ3v) is 11.5. The summed E-state index contributed by atoms with van der Waals surface area (Å²) in [6.45, 7) is 2.69. The third kappa shape index (κ3) is 20.5. The van der Waals surface area contributed by atoms with Gasteiger partial charge in [0.1, 0.15) is 48.8 Å². The Labute approximate surface area is 348 Å². The van der Waals surface area contributed by atoms with Gasteiger partial charge in [-0.25, -0.2) is 0 Å². The fourth-order valence-electron chi connectivity index (χ4n) is 7.64. The van der Waals surface area contributed by atoms with Gasteiger partial charge in [0.05, 0.1) is 32.0 Å². The third-order valence-electron chi connectivity index (χ3n) is 11.5. The van der Waals surface area contributed by atoms with Crippen LogP contribution in [0.2, 0.25) is 0 Å². The molecule has 1 amide bonds. The highest BCUT2D eigenvalue weighted by atomic mass is 16.7. The van der Waals surface area contributed by atoms with Crippen LogP contribution >= 0.6 is 0 Å². The summed E-state index contributed by atoms with van der Waals surface area (Å²) < 4.78 is 22.5. The Kier molecular flexibility index (Phi) is 29.6. The van der Waals surface area contributed by atoms with Crippen LogP contribution < -0.4 is 5.32 Å². The molecule has 58 heavy (non-hydrogen) atoms. The van der Waals surface area contributed by atoms with E-state index in [0.717, 1.165) is 51.4 Å². The zero-order valence-electron chi connectivity index (χ0n) is 35.8. The Bertz CT molecular complexity index is 1040. The highest BCUT2D eigenvalue weighted by molar-refractivity contribution is 5.76. The molecule has 342 valence electrons. The van der Waals surface area contributed by atoms with Gasteiger partial charge >= 0.3 is 0 Å². The van der Waals surface area contributed by atoms with Crippen LogP contribution in [-0.2, 0) is 23.7 Å². The van der Waals surface area contributed by atoms with E-state index in [2.05, 4.69) is 19.2 Å². The van der Waals surface area contributed by atoms with Crippen LogP contribution in [0.1, 0.15) is 168 Å². The van der Waals surface area contributed by atoms with Gasteiger partial charge in [0.15, 0.2) is 12.6 Å². The number of aliphatic hydroxyl groups excluding tert-OH is 8. The monoisotopic (exact) mass is 834 g/mol. The summed E-state index contributed by atoms with van der Waals surface area (Å²) in [6, 6.07) is -0.904. The van der Waals surface area contributed by atoms with Crippen molar-refractivity contribution in [3.63, 3.8) is 0 Å². The van der Waals surface area contributed by atoms with Gasteiger partial charge in [-0.05, 0) is 19.3 Å². The lowest BCUT2D eigenvalue weighted by Gasteiger charge is -2.46. The van der Waals surface area contributed by atoms with Crippen molar-refractivity contribution in [1.82, 2.24) is 5.32 Å². The number of nitrogens with one attached hydrogen (secondary N) is 1. The molecule has 0 saturated carbocycles. The summed E-state index contributed by atoms with van der Waals surface area (Å²) in [6.07, 6.45) is 14.5. The van der Waals surface area contributed by atoms with E-state index in [9.17, 15) is 45.6 Å². The van der Waals surface area contributed by atoms with Gasteiger partial charge in [0.2, 0.25) is 5.91 Å². The minimum atomic E-state index is -1.78. The first-order chi connectivity index (χ1) is 28.1. The van der Waals surface area contributed by atoms with E-state index in [0.29, 0.717) is 6.42 Å². The first kappa shape index (κ1) is 52.9. The van der Waals surface area contributed by atoms with Gasteiger partial charge in [0, 0.05) is 6.42 Å². The maximum Gasteiger partial charge on any atom is 0.220 e. The van der Waals surface area contributed by atoms with Crippen molar-refractivity contribution in [2.24, 2.45) is 0 Å². The molecule has 0 aromatic rings. The molecule has 0 aromatic carbocycles. The number of hydrogen-bond acceptors (Lipinski definition) is 13. The molecule has 2 rings (SSSR count). The Morgan fingerprint density at radius 1 is 0.603 bits per heavy atom. The molecule has 0 aromatic heterocycles. The normalized spacial score (nSPS) is 28.9. The Hall–Kier alpha value is -1.27. The second kappa shape index (κ2) is 32.4. The second-order valence-electron chi connectivity index (χ2n) is 16.5. The molecule has 0 aliphatic carbocycles. The molecular formula is C44H83NO13. The number of aliphatic hydroxyl groups is 8. The number of allylic oxidation sites excluding steroid dienone is 1. The quantitative estimate of drug-likeness (QED) is 0.0324. The van der Waals surface area contributed by atoms with Crippen molar-refractivity contribution < 1.29 is 64.6 Å². The van der Waals surface area contributed by atoms with Crippen molar-refractivity contribution in [2.45, 2.75) is 242 Å². The molecule has 2 fully saturated rings. The summed E-state index contributed by atoms with van der Waals surface area (Å²) in [4.78, 5) is 13.0. The van der Waals surface area contributed by atoms with Gasteiger partial charge in [-0.3, -0.25) is 4.79 Å². The lowest BCUT2D eigenvalue weighted by molar-refractivity contribution is -0.359. The van der Waals surface area contributed by atoms with E-state index < -0.39 is 86.8 Å². The lowest BCUT2D eigenvalue weighted by Crippen LogP contribution is -2.65. The molecule has 0 bridgehead atoms. The van der Waals surface area contributed by atoms with Crippen molar-refractivity contribution in [3.8, 4) is 0 Å². The SMILES string of the molecule is CCCCCC/C=C/C(O)C(COC1OC(CO)C(OC2OC(CO)C(O)C(O)C2O)C(O)C1O)NC(=O)CCCCCCCCCCCCCCCCCCCC. The highest BCUT2D eigenvalue weighted by Crippen LogP contribution is 2.30. The van der Waals surface area contributed by atoms with Crippen molar-refractivity contribution in [2.75, 3.05) is 19.8 Å². The number of ether oxygens (including phenoxy) is 4. The minimum Gasteiger partial charge on any atom is -0.394 e. The molecule has 9 N–H and O–H groups in total. The largest absolute Gasteiger partial charge is 0.394 e. The molecule has 12 unspecified atom stereocenters. The minimum absolute atomic E-state index is 0.244. The summed E-state index contributed by atoms with van der Waals surface area (Å²) in [5, 5.41) is 86.1. The maximum atomic E-state index is 13.0. The van der Waals surface area contributed by atoms with E-state index in [-0.39, 0.29) is 18.9 Å². The molecule has 14 nitrogen and oxygen atoms in total. The number of unbranched alkanes of at least 4 members (excludes halogenated alkanes) is 21. The fourth-order valence-corrected chi connectivity index (χ4v) is 7.64. The second-order valence-corrected chi connectivity index (χ2v) is 16.5. The van der Waals surface area contributed by atoms with Crippen molar-refractivity contribution in [1.29, 1.82) is 0 Å². The fraction of sp³-hybridized carbons (Fsp3) is 0.932. The van der Waals surface area contributed by atoms with Crippen LogP contribution in [0, 0.1) is 0 Å². The van der Waals surface area contributed by atoms with E-state index >= 15 is 0 Å². The van der Waals surface area contributed by atoms with Gasteiger partial charge in [0.25, 0.3) is 0 Å². The van der Waals surface area contributed by atoms with Gasteiger partial charge < -0.3 is 65.1 Å². The summed E-state index contributed by atoms with van der Waals surface area (Å²) in [7, 11) is 0. The average molecular weight is 834 g/mol. The van der Waals surface area contributed by atoms with E-state index in [1.54, 1.807) is 6.08 Å². The highest BCUT2D eigenvalue weighted by Gasteiger charge is 2.50. The molecule has 2 saturated heterocycles. The number of carbonyl (C=O) groups excluding carboxylic acids is 1.